The Morgan fingerprint density at radius 3 is 2.95 bits per heavy atom. The SMILES string of the molecule is C[C@@H]1OC(=O)C2C1C(CO)ON2Cc1cccc(I)c1. The number of cyclic esters (lactones) is 1. The van der Waals surface area contributed by atoms with Crippen molar-refractivity contribution in [3.8, 4) is 0 Å². The highest BCUT2D eigenvalue weighted by atomic mass is 127. The monoisotopic (exact) mass is 389 g/mol. The van der Waals surface area contributed by atoms with Crippen LogP contribution in [0.5, 0.6) is 0 Å². The Labute approximate surface area is 130 Å². The molecule has 2 aliphatic heterocycles. The molecule has 0 amide bonds. The summed E-state index contributed by atoms with van der Waals surface area (Å²) in [5.41, 5.74) is 1.07. The van der Waals surface area contributed by atoms with Crippen LogP contribution < -0.4 is 0 Å². The summed E-state index contributed by atoms with van der Waals surface area (Å²) in [6.45, 7) is 2.25. The fraction of sp³-hybridized carbons (Fsp3) is 0.500. The fourth-order valence-corrected chi connectivity index (χ4v) is 3.58. The van der Waals surface area contributed by atoms with Crippen LogP contribution in [0, 0.1) is 9.49 Å². The number of rotatable bonds is 3. The molecule has 0 aliphatic carbocycles. The highest BCUT2D eigenvalue weighted by Gasteiger charge is 2.55. The lowest BCUT2D eigenvalue weighted by molar-refractivity contribution is -0.195. The van der Waals surface area contributed by atoms with Crippen LogP contribution in [-0.4, -0.2) is 41.0 Å². The Morgan fingerprint density at radius 2 is 2.25 bits per heavy atom. The van der Waals surface area contributed by atoms with Crippen molar-refractivity contribution in [2.75, 3.05) is 6.61 Å². The maximum absolute atomic E-state index is 12.0. The van der Waals surface area contributed by atoms with Crippen LogP contribution in [0.2, 0.25) is 0 Å². The standard InChI is InChI=1S/C14H16INO4/c1-8-12-11(7-17)20-16(13(12)14(18)19-8)6-9-3-2-4-10(15)5-9/h2-5,8,11-13,17H,6-7H2,1H3/t8-,11?,12?,13?/m0/s1. The topological polar surface area (TPSA) is 59.0 Å². The largest absolute Gasteiger partial charge is 0.461 e. The predicted molar refractivity (Wildman–Crippen MR) is 79.5 cm³/mol. The number of hydroxylamine groups is 2. The summed E-state index contributed by atoms with van der Waals surface area (Å²) in [5, 5.41) is 11.1. The molecule has 2 aliphatic rings. The number of ether oxygens (including phenoxy) is 1. The van der Waals surface area contributed by atoms with E-state index in [1.807, 2.05) is 25.1 Å². The quantitative estimate of drug-likeness (QED) is 0.625. The zero-order valence-electron chi connectivity index (χ0n) is 11.0. The van der Waals surface area contributed by atoms with E-state index in [-0.39, 0.29) is 30.7 Å². The normalized spacial score (nSPS) is 33.2. The van der Waals surface area contributed by atoms with Gasteiger partial charge in [-0.2, -0.15) is 5.06 Å². The highest BCUT2D eigenvalue weighted by Crippen LogP contribution is 2.38. The molecule has 0 saturated carbocycles. The molecular formula is C14H16INO4. The van der Waals surface area contributed by atoms with E-state index in [1.54, 1.807) is 5.06 Å². The fourth-order valence-electron chi connectivity index (χ4n) is 2.98. The third-order valence-corrected chi connectivity index (χ3v) is 4.54. The third kappa shape index (κ3) is 2.45. The number of nitrogens with zero attached hydrogens (tertiary/aromatic N) is 1. The van der Waals surface area contributed by atoms with Crippen molar-refractivity contribution >= 4 is 28.6 Å². The zero-order valence-corrected chi connectivity index (χ0v) is 13.2. The van der Waals surface area contributed by atoms with Gasteiger partial charge in [-0.15, -0.1) is 0 Å². The van der Waals surface area contributed by atoms with Crippen LogP contribution in [0.3, 0.4) is 0 Å². The van der Waals surface area contributed by atoms with Crippen molar-refractivity contribution in [2.24, 2.45) is 5.92 Å². The Hall–Kier alpha value is -0.700. The predicted octanol–water partition coefficient (Wildman–Crippen LogP) is 1.33. The van der Waals surface area contributed by atoms with Crippen LogP contribution in [0.1, 0.15) is 12.5 Å². The molecule has 108 valence electrons. The van der Waals surface area contributed by atoms with E-state index in [9.17, 15) is 9.90 Å². The molecule has 1 N–H and O–H groups in total. The van der Waals surface area contributed by atoms with Crippen molar-refractivity contribution in [1.29, 1.82) is 0 Å². The molecule has 0 radical (unpaired) electrons. The molecule has 2 fully saturated rings. The van der Waals surface area contributed by atoms with Crippen molar-refractivity contribution in [2.45, 2.75) is 31.7 Å². The van der Waals surface area contributed by atoms with Crippen LogP contribution in [0.4, 0.5) is 0 Å². The second kappa shape index (κ2) is 5.59. The zero-order chi connectivity index (χ0) is 14.3. The Bertz CT molecular complexity index is 524. The van der Waals surface area contributed by atoms with Crippen molar-refractivity contribution < 1.29 is 19.5 Å². The summed E-state index contributed by atoms with van der Waals surface area (Å²) >= 11 is 2.25. The van der Waals surface area contributed by atoms with Crippen LogP contribution >= 0.6 is 22.6 Å². The van der Waals surface area contributed by atoms with Gasteiger partial charge in [0.1, 0.15) is 18.2 Å². The number of halogens is 1. The highest BCUT2D eigenvalue weighted by molar-refractivity contribution is 14.1. The van der Waals surface area contributed by atoms with E-state index in [0.29, 0.717) is 6.54 Å². The number of esters is 1. The molecule has 3 unspecified atom stereocenters. The van der Waals surface area contributed by atoms with Gasteiger partial charge in [0.15, 0.2) is 0 Å². The van der Waals surface area contributed by atoms with E-state index in [1.165, 1.54) is 0 Å². The van der Waals surface area contributed by atoms with Crippen LogP contribution in [-0.2, 0) is 20.9 Å². The number of benzene rings is 1. The molecule has 4 atom stereocenters. The van der Waals surface area contributed by atoms with Crippen molar-refractivity contribution in [1.82, 2.24) is 5.06 Å². The smallest absolute Gasteiger partial charge is 0.326 e. The lowest BCUT2D eigenvalue weighted by Gasteiger charge is -2.20. The van der Waals surface area contributed by atoms with E-state index >= 15 is 0 Å². The van der Waals surface area contributed by atoms with Gasteiger partial charge in [0.05, 0.1) is 19.1 Å². The van der Waals surface area contributed by atoms with Gasteiger partial charge >= 0.3 is 5.97 Å². The number of carbonyl (C=O) groups excluding carboxylic acids is 1. The summed E-state index contributed by atoms with van der Waals surface area (Å²) in [7, 11) is 0. The van der Waals surface area contributed by atoms with Crippen LogP contribution in [0.15, 0.2) is 24.3 Å². The molecule has 2 saturated heterocycles. The Kier molecular flexibility index (Phi) is 3.98. The van der Waals surface area contributed by atoms with E-state index in [0.717, 1.165) is 9.13 Å². The third-order valence-electron chi connectivity index (χ3n) is 3.87. The summed E-state index contributed by atoms with van der Waals surface area (Å²) in [4.78, 5) is 17.7. The van der Waals surface area contributed by atoms with Crippen molar-refractivity contribution in [3.63, 3.8) is 0 Å². The molecule has 5 nitrogen and oxygen atoms in total. The first-order valence-electron chi connectivity index (χ1n) is 6.59. The number of aliphatic hydroxyl groups excluding tert-OH is 1. The average Bonchev–Trinajstić information content (AvgIpc) is 2.90. The second-order valence-electron chi connectivity index (χ2n) is 5.20. The van der Waals surface area contributed by atoms with E-state index in [2.05, 4.69) is 28.7 Å². The van der Waals surface area contributed by atoms with E-state index < -0.39 is 6.04 Å². The molecule has 1 aromatic rings. The van der Waals surface area contributed by atoms with Crippen LogP contribution in [0.25, 0.3) is 0 Å². The van der Waals surface area contributed by atoms with Gasteiger partial charge in [0, 0.05) is 3.57 Å². The average molecular weight is 389 g/mol. The van der Waals surface area contributed by atoms with Gasteiger partial charge in [0.25, 0.3) is 0 Å². The number of aliphatic hydroxyl groups is 1. The molecule has 1 aromatic carbocycles. The number of hydrogen-bond acceptors (Lipinski definition) is 5. The summed E-state index contributed by atoms with van der Waals surface area (Å²) < 4.78 is 6.41. The lowest BCUT2D eigenvalue weighted by Crippen LogP contribution is -2.35. The maximum Gasteiger partial charge on any atom is 0.326 e. The lowest BCUT2D eigenvalue weighted by atomic mass is 9.93. The molecule has 0 aromatic heterocycles. The van der Waals surface area contributed by atoms with Gasteiger partial charge in [-0.3, -0.25) is 9.63 Å². The maximum atomic E-state index is 12.0. The summed E-state index contributed by atoms with van der Waals surface area (Å²) in [6.07, 6.45) is -0.588. The molecule has 2 heterocycles. The molecular weight excluding hydrogens is 373 g/mol. The van der Waals surface area contributed by atoms with Gasteiger partial charge in [-0.25, -0.2) is 0 Å². The summed E-state index contributed by atoms with van der Waals surface area (Å²) in [5.74, 6) is -0.362. The number of hydrogen-bond donors (Lipinski definition) is 1. The molecule has 0 spiro atoms. The Balaban J connectivity index is 1.82. The van der Waals surface area contributed by atoms with Gasteiger partial charge in [0.2, 0.25) is 0 Å². The molecule has 20 heavy (non-hydrogen) atoms. The minimum atomic E-state index is -0.417. The van der Waals surface area contributed by atoms with Gasteiger partial charge in [-0.1, -0.05) is 12.1 Å². The first-order valence-corrected chi connectivity index (χ1v) is 7.67. The first-order chi connectivity index (χ1) is 9.60. The van der Waals surface area contributed by atoms with Gasteiger partial charge < -0.3 is 9.84 Å². The van der Waals surface area contributed by atoms with Crippen molar-refractivity contribution in [3.05, 3.63) is 33.4 Å². The Morgan fingerprint density at radius 1 is 1.45 bits per heavy atom. The van der Waals surface area contributed by atoms with E-state index in [4.69, 9.17) is 9.57 Å². The minimum Gasteiger partial charge on any atom is -0.461 e. The molecule has 6 heteroatoms. The minimum absolute atomic E-state index is 0.102. The number of fused-ring (bicyclic) bond motifs is 1. The first kappa shape index (κ1) is 14.2. The summed E-state index contributed by atoms with van der Waals surface area (Å²) in [6, 6.07) is 7.62. The molecule has 3 rings (SSSR count). The second-order valence-corrected chi connectivity index (χ2v) is 6.44. The molecule has 0 bridgehead atoms. The number of carbonyl (C=O) groups is 1. The van der Waals surface area contributed by atoms with Gasteiger partial charge in [-0.05, 0) is 47.2 Å².